The molecule has 1 saturated heterocycles. The van der Waals surface area contributed by atoms with Crippen LogP contribution in [0.3, 0.4) is 0 Å². The summed E-state index contributed by atoms with van der Waals surface area (Å²) in [6.07, 6.45) is 3.87. The summed E-state index contributed by atoms with van der Waals surface area (Å²) in [5, 5.41) is 9.19. The van der Waals surface area contributed by atoms with Crippen molar-refractivity contribution in [3.05, 3.63) is 111 Å². The van der Waals surface area contributed by atoms with Crippen molar-refractivity contribution >= 4 is 23.6 Å². The molecular formula is C28H27ClFN5O. The molecule has 0 spiro atoms. The smallest absolute Gasteiger partial charge is 0.262 e. The van der Waals surface area contributed by atoms with E-state index in [-0.39, 0.29) is 29.5 Å². The largest absolute Gasteiger partial charge is 0.342 e. The van der Waals surface area contributed by atoms with Crippen LogP contribution in [0.1, 0.15) is 40.9 Å². The van der Waals surface area contributed by atoms with Crippen LogP contribution in [-0.4, -0.2) is 38.9 Å². The quantitative estimate of drug-likeness (QED) is 0.420. The molecule has 0 aliphatic carbocycles. The van der Waals surface area contributed by atoms with Gasteiger partial charge in [0.2, 0.25) is 0 Å². The third-order valence-electron chi connectivity index (χ3n) is 6.80. The third kappa shape index (κ3) is 4.97. The fourth-order valence-corrected chi connectivity index (χ4v) is 4.92. The molecule has 6 nitrogen and oxygen atoms in total. The first-order chi connectivity index (χ1) is 17.0. The fraction of sp³-hybridized carbons (Fsp3) is 0.250. The first kappa shape index (κ1) is 25.4. The van der Waals surface area contributed by atoms with E-state index in [4.69, 9.17) is 0 Å². The topological polar surface area (TPSA) is 77.2 Å². The molecule has 0 radical (unpaired) electrons. The average Bonchev–Trinajstić information content (AvgIpc) is 3.30. The Morgan fingerprint density at radius 2 is 1.75 bits per heavy atom. The van der Waals surface area contributed by atoms with E-state index in [0.29, 0.717) is 12.1 Å². The molecule has 5 rings (SSSR count). The number of aromatic nitrogens is 3. The lowest BCUT2D eigenvalue weighted by molar-refractivity contribution is 0.259. The van der Waals surface area contributed by atoms with Crippen molar-refractivity contribution in [2.45, 2.75) is 26.2 Å². The van der Waals surface area contributed by atoms with Crippen molar-refractivity contribution in [1.29, 1.82) is 5.26 Å². The minimum Gasteiger partial charge on any atom is -0.342 e. The van der Waals surface area contributed by atoms with Crippen LogP contribution in [-0.2, 0) is 6.42 Å². The van der Waals surface area contributed by atoms with Crippen molar-refractivity contribution < 1.29 is 4.39 Å². The predicted molar refractivity (Wildman–Crippen MR) is 141 cm³/mol. The zero-order valence-electron chi connectivity index (χ0n) is 20.0. The standard InChI is InChI=1S/C28H26FN5O.ClH/c1-19-24(28(35)34-18-31-25(17-30)27(34)32-19)13-16-33-14-11-22(12-15-33)26(20-5-3-2-4-6-20)21-7-9-23(29)10-8-21;/h2-10,18,32H,11-16H2,1H3;1H. The molecule has 2 aromatic heterocycles. The number of imidazole rings is 1. The van der Waals surface area contributed by atoms with Crippen molar-refractivity contribution in [2.24, 2.45) is 0 Å². The molecule has 0 bridgehead atoms. The average molecular weight is 504 g/mol. The van der Waals surface area contributed by atoms with Gasteiger partial charge >= 0.3 is 0 Å². The van der Waals surface area contributed by atoms with E-state index in [0.717, 1.165) is 54.9 Å². The summed E-state index contributed by atoms with van der Waals surface area (Å²) in [7, 11) is 0. The lowest BCUT2D eigenvalue weighted by atomic mass is 9.88. The number of nitrogens with one attached hydrogen (secondary N) is 1. The van der Waals surface area contributed by atoms with E-state index < -0.39 is 0 Å². The summed E-state index contributed by atoms with van der Waals surface area (Å²) in [4.78, 5) is 22.5. The molecule has 0 amide bonds. The number of benzene rings is 2. The van der Waals surface area contributed by atoms with Crippen LogP contribution in [0.2, 0.25) is 0 Å². The van der Waals surface area contributed by atoms with E-state index in [1.807, 2.05) is 43.3 Å². The molecule has 2 aromatic carbocycles. The second-order valence-electron chi connectivity index (χ2n) is 8.90. The van der Waals surface area contributed by atoms with Crippen LogP contribution in [0.5, 0.6) is 0 Å². The molecule has 4 aromatic rings. The minimum atomic E-state index is -0.232. The monoisotopic (exact) mass is 503 g/mol. The minimum absolute atomic E-state index is 0. The van der Waals surface area contributed by atoms with Crippen molar-refractivity contribution in [2.75, 3.05) is 19.6 Å². The molecule has 1 fully saturated rings. The number of nitriles is 1. The molecule has 3 heterocycles. The van der Waals surface area contributed by atoms with E-state index in [2.05, 4.69) is 27.0 Å². The van der Waals surface area contributed by atoms with Gasteiger partial charge in [0.05, 0.1) is 0 Å². The number of likely N-dealkylation sites (tertiary alicyclic amines) is 1. The van der Waals surface area contributed by atoms with Gasteiger partial charge in [-0.2, -0.15) is 5.26 Å². The van der Waals surface area contributed by atoms with Crippen LogP contribution >= 0.6 is 12.4 Å². The van der Waals surface area contributed by atoms with Gasteiger partial charge in [-0.3, -0.25) is 4.79 Å². The summed E-state index contributed by atoms with van der Waals surface area (Å²) in [5.74, 6) is -0.232. The molecule has 1 aliphatic rings. The lowest BCUT2D eigenvalue weighted by Crippen LogP contribution is -2.34. The first-order valence-corrected chi connectivity index (χ1v) is 11.8. The van der Waals surface area contributed by atoms with Gasteiger partial charge in [0.25, 0.3) is 5.56 Å². The van der Waals surface area contributed by atoms with Gasteiger partial charge in [-0.15, -0.1) is 12.4 Å². The van der Waals surface area contributed by atoms with E-state index >= 15 is 0 Å². The SMILES string of the molecule is Cc1[nH]c2c(C#N)ncn2c(=O)c1CCN1CCC(=C(c2ccccc2)c2ccc(F)cc2)CC1.Cl. The molecule has 1 N–H and O–H groups in total. The molecule has 36 heavy (non-hydrogen) atoms. The van der Waals surface area contributed by atoms with Gasteiger partial charge in [0, 0.05) is 30.9 Å². The predicted octanol–water partition coefficient (Wildman–Crippen LogP) is 4.90. The normalized spacial score (nSPS) is 13.9. The Hall–Kier alpha value is -3.73. The number of fused-ring (bicyclic) bond motifs is 1. The molecule has 184 valence electrons. The summed E-state index contributed by atoms with van der Waals surface area (Å²) in [6.45, 7) is 4.45. The summed E-state index contributed by atoms with van der Waals surface area (Å²) in [6, 6.07) is 19.1. The van der Waals surface area contributed by atoms with Crippen LogP contribution in [0.4, 0.5) is 4.39 Å². The van der Waals surface area contributed by atoms with Gasteiger partial charge in [-0.1, -0.05) is 48.0 Å². The fourth-order valence-electron chi connectivity index (χ4n) is 4.92. The molecule has 0 atom stereocenters. The van der Waals surface area contributed by atoms with Gasteiger partial charge < -0.3 is 9.88 Å². The Morgan fingerprint density at radius 3 is 2.42 bits per heavy atom. The van der Waals surface area contributed by atoms with Crippen LogP contribution < -0.4 is 5.56 Å². The molecular weight excluding hydrogens is 477 g/mol. The van der Waals surface area contributed by atoms with Crippen LogP contribution in [0.15, 0.2) is 71.3 Å². The highest BCUT2D eigenvalue weighted by atomic mass is 35.5. The van der Waals surface area contributed by atoms with Gasteiger partial charge in [0.15, 0.2) is 11.3 Å². The van der Waals surface area contributed by atoms with E-state index in [9.17, 15) is 14.4 Å². The number of H-pyrrole nitrogens is 1. The molecule has 0 saturated carbocycles. The summed E-state index contributed by atoms with van der Waals surface area (Å²) < 4.78 is 15.0. The number of aryl methyl sites for hydroxylation is 1. The van der Waals surface area contributed by atoms with Crippen molar-refractivity contribution in [3.8, 4) is 6.07 Å². The van der Waals surface area contributed by atoms with Crippen molar-refractivity contribution in [3.63, 3.8) is 0 Å². The number of hydrogen-bond acceptors (Lipinski definition) is 4. The van der Waals surface area contributed by atoms with Crippen LogP contribution in [0, 0.1) is 24.1 Å². The highest BCUT2D eigenvalue weighted by molar-refractivity contribution is 5.85. The van der Waals surface area contributed by atoms with Gasteiger partial charge in [0.1, 0.15) is 18.2 Å². The Bertz CT molecular complexity index is 1490. The summed E-state index contributed by atoms with van der Waals surface area (Å²) >= 11 is 0. The second-order valence-corrected chi connectivity index (χ2v) is 8.90. The number of hydrogen-bond donors (Lipinski definition) is 1. The highest BCUT2D eigenvalue weighted by Crippen LogP contribution is 2.32. The number of piperidine rings is 1. The zero-order chi connectivity index (χ0) is 24.4. The zero-order valence-corrected chi connectivity index (χ0v) is 20.8. The Balaban J connectivity index is 0.00000304. The van der Waals surface area contributed by atoms with Crippen molar-refractivity contribution in [1.82, 2.24) is 19.3 Å². The second kappa shape index (κ2) is 10.9. The molecule has 8 heteroatoms. The molecule has 1 aliphatic heterocycles. The highest BCUT2D eigenvalue weighted by Gasteiger charge is 2.20. The first-order valence-electron chi connectivity index (χ1n) is 11.8. The van der Waals surface area contributed by atoms with Crippen LogP contribution in [0.25, 0.3) is 11.2 Å². The number of nitrogens with zero attached hydrogens (tertiary/aromatic N) is 4. The molecule has 0 unspecified atom stereocenters. The Labute approximate surface area is 215 Å². The maximum Gasteiger partial charge on any atom is 0.262 e. The lowest BCUT2D eigenvalue weighted by Gasteiger charge is -2.30. The van der Waals surface area contributed by atoms with Gasteiger partial charge in [-0.25, -0.2) is 13.8 Å². The number of rotatable bonds is 5. The van der Waals surface area contributed by atoms with Gasteiger partial charge in [-0.05, 0) is 55.0 Å². The summed E-state index contributed by atoms with van der Waals surface area (Å²) in [5.41, 5.74) is 6.79. The maximum atomic E-state index is 13.6. The Morgan fingerprint density at radius 1 is 1.08 bits per heavy atom. The van der Waals surface area contributed by atoms with E-state index in [1.54, 1.807) is 0 Å². The maximum absolute atomic E-state index is 13.6. The third-order valence-corrected chi connectivity index (χ3v) is 6.80. The number of aromatic amines is 1. The Kier molecular flexibility index (Phi) is 7.68. The number of halogens is 2. The van der Waals surface area contributed by atoms with E-state index in [1.165, 1.54) is 34.0 Å².